The minimum Gasteiger partial charge on any atom is -0.325 e. The highest BCUT2D eigenvalue weighted by molar-refractivity contribution is 4.90. The van der Waals surface area contributed by atoms with Crippen LogP contribution < -0.4 is 5.73 Å². The maximum absolute atomic E-state index is 6.44. The summed E-state index contributed by atoms with van der Waals surface area (Å²) in [5.41, 5.74) is 6.62. The lowest BCUT2D eigenvalue weighted by atomic mass is 9.92. The first-order valence-corrected chi connectivity index (χ1v) is 7.73. The Morgan fingerprint density at radius 3 is 2.33 bits per heavy atom. The van der Waals surface area contributed by atoms with E-state index in [1.54, 1.807) is 0 Å². The first-order valence-electron chi connectivity index (χ1n) is 7.73. The molecule has 0 spiro atoms. The van der Waals surface area contributed by atoms with Gasteiger partial charge in [0.25, 0.3) is 0 Å². The Bertz CT molecular complexity index is 238. The average Bonchev–Trinajstić information content (AvgIpc) is 2.75. The highest BCUT2D eigenvalue weighted by Gasteiger charge is 2.30. The maximum Gasteiger partial charge on any atom is 0.0166 e. The molecule has 3 heteroatoms. The third-order valence-electron chi connectivity index (χ3n) is 4.86. The molecular formula is C15H31N3. The highest BCUT2D eigenvalue weighted by Crippen LogP contribution is 2.30. The van der Waals surface area contributed by atoms with Crippen LogP contribution in [0.4, 0.5) is 0 Å². The molecule has 2 aliphatic rings. The third-order valence-corrected chi connectivity index (χ3v) is 4.86. The van der Waals surface area contributed by atoms with E-state index in [1.807, 2.05) is 0 Å². The van der Waals surface area contributed by atoms with E-state index in [1.165, 1.54) is 71.1 Å². The Morgan fingerprint density at radius 1 is 1.17 bits per heavy atom. The predicted molar refractivity (Wildman–Crippen MR) is 77.7 cm³/mol. The summed E-state index contributed by atoms with van der Waals surface area (Å²) in [7, 11) is 4.37. The van der Waals surface area contributed by atoms with Crippen molar-refractivity contribution in [2.45, 2.75) is 50.5 Å². The van der Waals surface area contributed by atoms with Gasteiger partial charge in [0.2, 0.25) is 0 Å². The Balaban J connectivity index is 1.64. The van der Waals surface area contributed by atoms with Gasteiger partial charge < -0.3 is 15.5 Å². The summed E-state index contributed by atoms with van der Waals surface area (Å²) in [5.74, 6) is 0.912. The van der Waals surface area contributed by atoms with Gasteiger partial charge in [0.05, 0.1) is 0 Å². The molecule has 106 valence electrons. The van der Waals surface area contributed by atoms with Gasteiger partial charge in [-0.15, -0.1) is 0 Å². The summed E-state index contributed by atoms with van der Waals surface area (Å²) >= 11 is 0. The van der Waals surface area contributed by atoms with Crippen LogP contribution in [0.2, 0.25) is 0 Å². The standard InChI is InChI=1S/C15H31N3/c1-17(2)13-14-5-10-18(11-6-14)12-9-15(16)7-3-4-8-15/h14H,3-13,16H2,1-2H3. The quantitative estimate of drug-likeness (QED) is 0.812. The van der Waals surface area contributed by atoms with Crippen LogP contribution in [0, 0.1) is 5.92 Å². The Hall–Kier alpha value is -0.120. The normalized spacial score (nSPS) is 26.0. The van der Waals surface area contributed by atoms with Crippen molar-refractivity contribution in [3.8, 4) is 0 Å². The van der Waals surface area contributed by atoms with Gasteiger partial charge in [0, 0.05) is 12.1 Å². The first kappa shape index (κ1) is 14.3. The summed E-state index contributed by atoms with van der Waals surface area (Å²) in [6.45, 7) is 5.06. The van der Waals surface area contributed by atoms with Crippen LogP contribution in [-0.2, 0) is 0 Å². The van der Waals surface area contributed by atoms with Crippen molar-refractivity contribution in [3.05, 3.63) is 0 Å². The first-order chi connectivity index (χ1) is 8.57. The van der Waals surface area contributed by atoms with Crippen molar-refractivity contribution in [2.75, 3.05) is 40.3 Å². The van der Waals surface area contributed by atoms with Crippen molar-refractivity contribution in [3.63, 3.8) is 0 Å². The lowest BCUT2D eigenvalue weighted by Gasteiger charge is -2.35. The summed E-state index contributed by atoms with van der Waals surface area (Å²) in [5, 5.41) is 0. The van der Waals surface area contributed by atoms with Gasteiger partial charge in [-0.3, -0.25) is 0 Å². The number of hydrogen-bond acceptors (Lipinski definition) is 3. The molecule has 1 aliphatic carbocycles. The van der Waals surface area contributed by atoms with E-state index in [0.29, 0.717) is 0 Å². The summed E-state index contributed by atoms with van der Waals surface area (Å²) in [6, 6.07) is 0. The topological polar surface area (TPSA) is 32.5 Å². The zero-order chi connectivity index (χ0) is 13.0. The molecule has 1 heterocycles. The lowest BCUT2D eigenvalue weighted by Crippen LogP contribution is -2.43. The van der Waals surface area contributed by atoms with Crippen LogP contribution in [0.3, 0.4) is 0 Å². The van der Waals surface area contributed by atoms with Crippen LogP contribution >= 0.6 is 0 Å². The zero-order valence-corrected chi connectivity index (χ0v) is 12.3. The second-order valence-electron chi connectivity index (χ2n) is 6.87. The monoisotopic (exact) mass is 253 g/mol. The molecule has 1 saturated carbocycles. The molecule has 2 rings (SSSR count). The van der Waals surface area contributed by atoms with Gasteiger partial charge in [-0.1, -0.05) is 12.8 Å². The minimum atomic E-state index is 0.181. The van der Waals surface area contributed by atoms with E-state index in [9.17, 15) is 0 Å². The van der Waals surface area contributed by atoms with E-state index in [2.05, 4.69) is 23.9 Å². The van der Waals surface area contributed by atoms with Crippen molar-refractivity contribution >= 4 is 0 Å². The van der Waals surface area contributed by atoms with Crippen LogP contribution in [0.15, 0.2) is 0 Å². The summed E-state index contributed by atoms with van der Waals surface area (Å²) in [4.78, 5) is 4.97. The lowest BCUT2D eigenvalue weighted by molar-refractivity contribution is 0.151. The van der Waals surface area contributed by atoms with Crippen LogP contribution in [0.5, 0.6) is 0 Å². The fraction of sp³-hybridized carbons (Fsp3) is 1.00. The smallest absolute Gasteiger partial charge is 0.0166 e. The average molecular weight is 253 g/mol. The van der Waals surface area contributed by atoms with Crippen LogP contribution in [-0.4, -0.2) is 55.6 Å². The highest BCUT2D eigenvalue weighted by atomic mass is 15.1. The van der Waals surface area contributed by atoms with E-state index in [0.717, 1.165) is 5.92 Å². The van der Waals surface area contributed by atoms with Gasteiger partial charge in [0.1, 0.15) is 0 Å². The molecule has 1 saturated heterocycles. The van der Waals surface area contributed by atoms with Gasteiger partial charge in [-0.2, -0.15) is 0 Å². The molecule has 0 atom stereocenters. The second-order valence-corrected chi connectivity index (χ2v) is 6.87. The molecule has 2 N–H and O–H groups in total. The molecule has 0 aromatic rings. The third kappa shape index (κ3) is 4.22. The minimum absolute atomic E-state index is 0.181. The van der Waals surface area contributed by atoms with E-state index >= 15 is 0 Å². The van der Waals surface area contributed by atoms with Crippen molar-refractivity contribution < 1.29 is 0 Å². The Labute approximate surface area is 113 Å². The largest absolute Gasteiger partial charge is 0.325 e. The number of piperidine rings is 1. The summed E-state index contributed by atoms with van der Waals surface area (Å²) < 4.78 is 0. The second kappa shape index (κ2) is 6.36. The molecule has 2 fully saturated rings. The molecule has 3 nitrogen and oxygen atoms in total. The van der Waals surface area contributed by atoms with E-state index in [4.69, 9.17) is 5.73 Å². The molecule has 0 amide bonds. The predicted octanol–water partition coefficient (Wildman–Crippen LogP) is 1.92. The maximum atomic E-state index is 6.44. The van der Waals surface area contributed by atoms with E-state index < -0.39 is 0 Å². The molecule has 1 aliphatic heterocycles. The van der Waals surface area contributed by atoms with Crippen LogP contribution in [0.1, 0.15) is 44.9 Å². The molecule has 0 unspecified atom stereocenters. The Morgan fingerprint density at radius 2 is 1.78 bits per heavy atom. The number of nitrogens with zero attached hydrogens (tertiary/aromatic N) is 2. The van der Waals surface area contributed by atoms with Crippen LogP contribution in [0.25, 0.3) is 0 Å². The molecule has 0 aromatic heterocycles. The zero-order valence-electron chi connectivity index (χ0n) is 12.3. The van der Waals surface area contributed by atoms with E-state index in [-0.39, 0.29) is 5.54 Å². The van der Waals surface area contributed by atoms with Gasteiger partial charge in [-0.05, 0) is 71.8 Å². The van der Waals surface area contributed by atoms with Gasteiger partial charge in [-0.25, -0.2) is 0 Å². The number of nitrogens with two attached hydrogens (primary N) is 1. The Kier molecular flexibility index (Phi) is 5.05. The number of likely N-dealkylation sites (tertiary alicyclic amines) is 1. The number of hydrogen-bond donors (Lipinski definition) is 1. The van der Waals surface area contributed by atoms with Gasteiger partial charge in [0.15, 0.2) is 0 Å². The molecular weight excluding hydrogens is 222 g/mol. The molecule has 0 bridgehead atoms. The van der Waals surface area contributed by atoms with Crippen molar-refractivity contribution in [1.82, 2.24) is 9.80 Å². The fourth-order valence-electron chi connectivity index (χ4n) is 3.62. The molecule has 18 heavy (non-hydrogen) atoms. The fourth-order valence-corrected chi connectivity index (χ4v) is 3.62. The van der Waals surface area contributed by atoms with Crippen molar-refractivity contribution in [1.29, 1.82) is 0 Å². The van der Waals surface area contributed by atoms with Gasteiger partial charge >= 0.3 is 0 Å². The SMILES string of the molecule is CN(C)CC1CCN(CCC2(N)CCCC2)CC1. The summed E-state index contributed by atoms with van der Waals surface area (Å²) in [6.07, 6.45) is 9.16. The number of rotatable bonds is 5. The van der Waals surface area contributed by atoms with Crippen molar-refractivity contribution in [2.24, 2.45) is 11.7 Å². The molecule has 0 aromatic carbocycles. The molecule has 0 radical (unpaired) electrons.